The first-order valence-electron chi connectivity index (χ1n) is 8.60. The first kappa shape index (κ1) is 16.8. The Kier molecular flexibility index (Phi) is 3.78. The van der Waals surface area contributed by atoms with Gasteiger partial charge in [0.15, 0.2) is 5.43 Å². The predicted octanol–water partition coefficient (Wildman–Crippen LogP) is 4.77. The number of benzene rings is 3. The summed E-state index contributed by atoms with van der Waals surface area (Å²) in [4.78, 5) is 27.6. The highest BCUT2D eigenvalue weighted by atomic mass is 79.9. The fraction of sp³-hybridized carbons (Fsp3) is 0.0909. The highest BCUT2D eigenvalue weighted by molar-refractivity contribution is 9.10. The monoisotopic (exact) mass is 436 g/mol. The number of rotatable bonds is 2. The zero-order valence-corrected chi connectivity index (χ0v) is 16.7. The van der Waals surface area contributed by atoms with Gasteiger partial charge in [-0.1, -0.05) is 45.9 Å². The molecule has 1 aliphatic rings. The Balaban J connectivity index is 1.85. The van der Waals surface area contributed by atoms with E-state index in [1.54, 1.807) is 12.1 Å². The largest absolute Gasteiger partial charge is 0.494 e. The summed E-state index contributed by atoms with van der Waals surface area (Å²) in [6, 6.07) is 15.0. The molecule has 0 saturated heterocycles. The average Bonchev–Trinajstić information content (AvgIpc) is 3.13. The van der Waals surface area contributed by atoms with Crippen LogP contribution in [0.2, 0.25) is 0 Å². The van der Waals surface area contributed by atoms with Crippen LogP contribution in [0.25, 0.3) is 26.5 Å². The van der Waals surface area contributed by atoms with Crippen molar-refractivity contribution in [3.63, 3.8) is 0 Å². The Morgan fingerprint density at radius 1 is 1.00 bits per heavy atom. The fourth-order valence-corrected chi connectivity index (χ4v) is 5.36. The van der Waals surface area contributed by atoms with E-state index in [0.29, 0.717) is 27.7 Å². The summed E-state index contributed by atoms with van der Waals surface area (Å²) in [6.07, 6.45) is 0. The van der Waals surface area contributed by atoms with Gasteiger partial charge >= 0.3 is 0 Å². The van der Waals surface area contributed by atoms with Crippen LogP contribution < -0.4 is 15.4 Å². The second-order valence-electron chi connectivity index (χ2n) is 6.38. The van der Waals surface area contributed by atoms with Gasteiger partial charge in [0.2, 0.25) is 5.78 Å². The third-order valence-corrected chi connectivity index (χ3v) is 6.73. The van der Waals surface area contributed by atoms with Gasteiger partial charge in [-0.25, -0.2) is 0 Å². The van der Waals surface area contributed by atoms with Crippen molar-refractivity contribution >= 4 is 59.9 Å². The number of hydrogen-bond donors (Lipinski definition) is 0. The van der Waals surface area contributed by atoms with Gasteiger partial charge in [-0.3, -0.25) is 9.59 Å². The third-order valence-electron chi connectivity index (χ3n) is 4.88. The minimum Gasteiger partial charge on any atom is -0.494 e. The van der Waals surface area contributed by atoms with Crippen LogP contribution in [0.1, 0.15) is 17.3 Å². The zero-order valence-electron chi connectivity index (χ0n) is 14.3. The van der Waals surface area contributed by atoms with E-state index in [1.165, 1.54) is 11.8 Å². The van der Waals surface area contributed by atoms with E-state index in [4.69, 9.17) is 4.74 Å². The number of Topliss-reactive ketones (excluding diaryl/α,β-unsaturated/α-hetero) is 1. The summed E-state index contributed by atoms with van der Waals surface area (Å²) in [5, 5.41) is 3.91. The highest BCUT2D eigenvalue weighted by Crippen LogP contribution is 2.42. The van der Waals surface area contributed by atoms with Crippen LogP contribution >= 0.6 is 27.7 Å². The lowest BCUT2D eigenvalue weighted by Crippen LogP contribution is -2.23. The van der Waals surface area contributed by atoms with E-state index < -0.39 is 0 Å². The third kappa shape index (κ3) is 2.35. The molecule has 4 aromatic carbocycles. The van der Waals surface area contributed by atoms with Crippen LogP contribution in [0.15, 0.2) is 62.7 Å². The summed E-state index contributed by atoms with van der Waals surface area (Å²) in [6.45, 7) is 2.49. The molecule has 0 aromatic heterocycles. The topological polar surface area (TPSA) is 43.4 Å². The number of thioether (sulfide) groups is 1. The summed E-state index contributed by atoms with van der Waals surface area (Å²) in [7, 11) is 0. The molecule has 0 aliphatic carbocycles. The number of halogens is 1. The molecule has 5 heteroatoms. The van der Waals surface area contributed by atoms with Gasteiger partial charge in [-0.2, -0.15) is 0 Å². The minimum atomic E-state index is -0.0923. The van der Waals surface area contributed by atoms with Gasteiger partial charge in [-0.15, -0.1) is 0 Å². The maximum Gasteiger partial charge on any atom is 0.201 e. The molecule has 0 N–H and O–H groups in total. The standard InChI is InChI=1S/C22H13BrO3S/c1-2-26-11-6-7-13-17(10-11)27-22(21(13)25)19-14-5-3-4-12-16(23)9-8-15(18(12)14)20(19)24/h3-10H,2H2,1H3/b22-19-. The van der Waals surface area contributed by atoms with Crippen molar-refractivity contribution in [3.8, 4) is 5.75 Å². The van der Waals surface area contributed by atoms with Crippen molar-refractivity contribution in [3.05, 3.63) is 74.0 Å². The van der Waals surface area contributed by atoms with Gasteiger partial charge in [0, 0.05) is 30.9 Å². The van der Waals surface area contributed by atoms with E-state index in [1.807, 2.05) is 43.3 Å². The molecule has 0 spiro atoms. The quantitative estimate of drug-likeness (QED) is 0.453. The van der Waals surface area contributed by atoms with Gasteiger partial charge < -0.3 is 4.74 Å². The Bertz CT molecular complexity index is 1360. The number of ether oxygens (including phenoxy) is 1. The molecule has 1 heterocycles. The summed E-state index contributed by atoms with van der Waals surface area (Å²) < 4.78 is 6.49. The number of hydrogen-bond acceptors (Lipinski definition) is 4. The summed E-state index contributed by atoms with van der Waals surface area (Å²) >= 11 is 4.92. The van der Waals surface area contributed by atoms with Gasteiger partial charge in [-0.05, 0) is 48.0 Å². The fourth-order valence-electron chi connectivity index (χ4n) is 3.73. The molecule has 4 aromatic rings. The van der Waals surface area contributed by atoms with E-state index in [0.717, 1.165) is 31.3 Å². The van der Waals surface area contributed by atoms with Crippen molar-refractivity contribution in [1.29, 1.82) is 0 Å². The van der Waals surface area contributed by atoms with E-state index in [9.17, 15) is 9.59 Å². The molecule has 1 aliphatic heterocycles. The Hall–Kier alpha value is -2.37. The molecule has 0 amide bonds. The Morgan fingerprint density at radius 2 is 1.81 bits per heavy atom. The maximum atomic E-state index is 13.2. The molecule has 0 bridgehead atoms. The van der Waals surface area contributed by atoms with E-state index in [-0.39, 0.29) is 11.2 Å². The molecule has 0 radical (unpaired) electrons. The van der Waals surface area contributed by atoms with Crippen LogP contribution in [0, 0.1) is 0 Å². The van der Waals surface area contributed by atoms with Gasteiger partial charge in [0.25, 0.3) is 0 Å². The molecular formula is C22H13BrO3S. The van der Waals surface area contributed by atoms with E-state index in [2.05, 4.69) is 15.9 Å². The predicted molar refractivity (Wildman–Crippen MR) is 113 cm³/mol. The van der Waals surface area contributed by atoms with Crippen LogP contribution in [0.4, 0.5) is 0 Å². The molecular weight excluding hydrogens is 424 g/mol. The second-order valence-corrected chi connectivity index (χ2v) is 8.29. The Labute approximate surface area is 167 Å². The molecule has 0 saturated carbocycles. The van der Waals surface area contributed by atoms with Crippen molar-refractivity contribution < 1.29 is 9.53 Å². The van der Waals surface area contributed by atoms with Crippen LogP contribution in [0.5, 0.6) is 5.75 Å². The SMILES string of the molecule is CCOc1ccc2c(c1)S/C(=c1\c(=O)c3ccc(Br)c4cccc1c43)C2=O. The Morgan fingerprint density at radius 3 is 2.63 bits per heavy atom. The van der Waals surface area contributed by atoms with Crippen LogP contribution in [-0.2, 0) is 0 Å². The number of fused-ring (bicyclic) bond motifs is 1. The molecule has 27 heavy (non-hydrogen) atoms. The second kappa shape index (κ2) is 6.08. The molecule has 0 unspecified atom stereocenters. The van der Waals surface area contributed by atoms with Crippen molar-refractivity contribution in [2.24, 2.45) is 0 Å². The molecule has 3 nitrogen and oxygen atoms in total. The van der Waals surface area contributed by atoms with Gasteiger partial charge in [0.05, 0.1) is 11.5 Å². The van der Waals surface area contributed by atoms with Crippen LogP contribution in [0.3, 0.4) is 0 Å². The maximum absolute atomic E-state index is 13.2. The number of ketones is 1. The first-order chi connectivity index (χ1) is 13.1. The molecule has 0 atom stereocenters. The van der Waals surface area contributed by atoms with E-state index >= 15 is 0 Å². The highest BCUT2D eigenvalue weighted by Gasteiger charge is 2.29. The smallest absolute Gasteiger partial charge is 0.201 e. The molecule has 5 rings (SSSR count). The van der Waals surface area contributed by atoms with Gasteiger partial charge in [0.1, 0.15) is 5.75 Å². The van der Waals surface area contributed by atoms with Crippen molar-refractivity contribution in [1.82, 2.24) is 0 Å². The average molecular weight is 437 g/mol. The van der Waals surface area contributed by atoms with Crippen molar-refractivity contribution in [2.75, 3.05) is 6.61 Å². The number of carbonyl (C=O) groups is 1. The lowest BCUT2D eigenvalue weighted by atomic mass is 10.1. The summed E-state index contributed by atoms with van der Waals surface area (Å²) in [5.41, 5.74) is 0.547. The molecule has 0 fully saturated rings. The molecule has 132 valence electrons. The summed E-state index contributed by atoms with van der Waals surface area (Å²) in [5.74, 6) is 0.639. The van der Waals surface area contributed by atoms with Crippen molar-refractivity contribution in [2.45, 2.75) is 11.8 Å². The minimum absolute atomic E-state index is 0.0811. The lowest BCUT2D eigenvalue weighted by molar-refractivity contribution is 0.105. The normalized spacial score (nSPS) is 15.7. The lowest BCUT2D eigenvalue weighted by Gasteiger charge is -2.03. The number of carbonyl (C=O) groups excluding carboxylic acids is 1. The first-order valence-corrected chi connectivity index (χ1v) is 10.2. The van der Waals surface area contributed by atoms with Crippen LogP contribution in [-0.4, -0.2) is 12.4 Å². The zero-order chi connectivity index (χ0) is 18.7.